The van der Waals surface area contributed by atoms with Crippen molar-refractivity contribution < 1.29 is 19.1 Å². The Kier molecular flexibility index (Phi) is 3.78. The van der Waals surface area contributed by atoms with E-state index in [4.69, 9.17) is 0 Å². The number of carbonyl (C=O) groups is 3. The number of esters is 1. The molecule has 0 aliphatic heterocycles. The smallest absolute Gasteiger partial charge is 0.313 e. The van der Waals surface area contributed by atoms with Gasteiger partial charge in [0.05, 0.1) is 12.5 Å². The van der Waals surface area contributed by atoms with Gasteiger partial charge in [0.25, 0.3) is 0 Å². The maximum absolute atomic E-state index is 11.4. The summed E-state index contributed by atoms with van der Waals surface area (Å²) in [6, 6.07) is 0. The molecule has 0 heterocycles. The van der Waals surface area contributed by atoms with Crippen LogP contribution in [0, 0.1) is 5.41 Å². The van der Waals surface area contributed by atoms with Crippen LogP contribution in [0.15, 0.2) is 0 Å². The van der Waals surface area contributed by atoms with Gasteiger partial charge in [0, 0.05) is 0 Å². The molecule has 0 aliphatic carbocycles. The van der Waals surface area contributed by atoms with Crippen LogP contribution in [0.5, 0.6) is 0 Å². The van der Waals surface area contributed by atoms with Gasteiger partial charge in [-0.1, -0.05) is 0 Å². The van der Waals surface area contributed by atoms with Crippen molar-refractivity contribution in [3.8, 4) is 0 Å². The molecular weight excluding hydrogens is 172 g/mol. The van der Waals surface area contributed by atoms with E-state index in [1.54, 1.807) is 0 Å². The molecule has 4 heteroatoms. The van der Waals surface area contributed by atoms with E-state index in [0.717, 1.165) is 0 Å². The van der Waals surface area contributed by atoms with Gasteiger partial charge in [-0.3, -0.25) is 14.4 Å². The molecule has 13 heavy (non-hydrogen) atoms. The van der Waals surface area contributed by atoms with Crippen LogP contribution in [0.2, 0.25) is 0 Å². The molecule has 0 aliphatic rings. The molecule has 4 nitrogen and oxygen atoms in total. The average molecular weight is 186 g/mol. The van der Waals surface area contributed by atoms with Crippen LogP contribution in [0.4, 0.5) is 0 Å². The maximum Gasteiger partial charge on any atom is 0.313 e. The Morgan fingerprint density at radius 3 is 2.00 bits per heavy atom. The van der Waals surface area contributed by atoms with Crippen molar-refractivity contribution in [2.45, 2.75) is 27.2 Å². The monoisotopic (exact) mass is 186 g/mol. The summed E-state index contributed by atoms with van der Waals surface area (Å²) in [6.45, 7) is 4.33. The highest BCUT2D eigenvalue weighted by molar-refractivity contribution is 6.10. The summed E-state index contributed by atoms with van der Waals surface area (Å²) in [7, 11) is 1.20. The first-order valence-corrected chi connectivity index (χ1v) is 3.93. The summed E-state index contributed by atoms with van der Waals surface area (Å²) in [6.07, 6.45) is -0.344. The summed E-state index contributed by atoms with van der Waals surface area (Å²) in [4.78, 5) is 33.1. The number of Topliss-reactive ketones (excluding diaryl/α,β-unsaturated/α-hetero) is 2. The summed E-state index contributed by atoms with van der Waals surface area (Å²) >= 11 is 0. The molecule has 0 radical (unpaired) electrons. The minimum atomic E-state index is -1.09. The number of ketones is 2. The zero-order valence-electron chi connectivity index (χ0n) is 8.34. The van der Waals surface area contributed by atoms with E-state index in [-0.39, 0.29) is 12.2 Å². The van der Waals surface area contributed by atoms with E-state index in [1.807, 2.05) is 0 Å². The topological polar surface area (TPSA) is 60.4 Å². The number of carbonyl (C=O) groups excluding carboxylic acids is 3. The van der Waals surface area contributed by atoms with Gasteiger partial charge in [-0.2, -0.15) is 0 Å². The Morgan fingerprint density at radius 2 is 1.69 bits per heavy atom. The largest absolute Gasteiger partial charge is 0.469 e. The second kappa shape index (κ2) is 4.16. The molecule has 0 aromatic rings. The van der Waals surface area contributed by atoms with Crippen LogP contribution in [0.1, 0.15) is 27.2 Å². The lowest BCUT2D eigenvalue weighted by Gasteiger charge is -2.18. The number of ether oxygens (including phenoxy) is 1. The second-order valence-electron chi connectivity index (χ2n) is 3.36. The fourth-order valence-corrected chi connectivity index (χ4v) is 0.621. The average Bonchev–Trinajstić information content (AvgIpc) is 2.03. The van der Waals surface area contributed by atoms with E-state index >= 15 is 0 Å². The van der Waals surface area contributed by atoms with Crippen molar-refractivity contribution in [2.24, 2.45) is 5.41 Å². The Bertz CT molecular complexity index is 240. The quantitative estimate of drug-likeness (QED) is 0.479. The molecule has 74 valence electrons. The third-order valence-corrected chi connectivity index (χ3v) is 2.11. The molecule has 0 spiro atoms. The first kappa shape index (κ1) is 11.8. The van der Waals surface area contributed by atoms with Crippen LogP contribution in [-0.4, -0.2) is 24.6 Å². The lowest BCUT2D eigenvalue weighted by atomic mass is 9.83. The summed E-state index contributed by atoms with van der Waals surface area (Å²) < 4.78 is 4.32. The van der Waals surface area contributed by atoms with Crippen LogP contribution in [-0.2, 0) is 19.1 Å². The number of hydrogen-bond donors (Lipinski definition) is 0. The van der Waals surface area contributed by atoms with Gasteiger partial charge in [0.1, 0.15) is 12.2 Å². The second-order valence-corrected chi connectivity index (χ2v) is 3.36. The fourth-order valence-electron chi connectivity index (χ4n) is 0.621. The molecule has 0 unspecified atom stereocenters. The Labute approximate surface area is 77.3 Å². The molecule has 0 fully saturated rings. The van der Waals surface area contributed by atoms with Gasteiger partial charge >= 0.3 is 5.97 Å². The summed E-state index contributed by atoms with van der Waals surface area (Å²) in [5.74, 6) is -1.27. The molecular formula is C9H14O4. The normalized spacial score (nSPS) is 10.8. The Hall–Kier alpha value is -1.19. The zero-order valence-corrected chi connectivity index (χ0v) is 8.34. The molecule has 0 saturated heterocycles. The standard InChI is InChI=1S/C9H14O4/c1-6(10)9(2,3)7(11)5-8(12)13-4/h5H2,1-4H3. The van der Waals surface area contributed by atoms with E-state index < -0.39 is 17.2 Å². The van der Waals surface area contributed by atoms with Gasteiger partial charge in [0.2, 0.25) is 0 Å². The van der Waals surface area contributed by atoms with Crippen molar-refractivity contribution in [1.29, 1.82) is 0 Å². The number of methoxy groups -OCH3 is 1. The zero-order chi connectivity index (χ0) is 10.6. The lowest BCUT2D eigenvalue weighted by Crippen LogP contribution is -2.33. The minimum absolute atomic E-state index is 0.249. The first-order chi connectivity index (χ1) is 5.82. The molecule has 0 aromatic carbocycles. The number of hydrogen-bond acceptors (Lipinski definition) is 4. The highest BCUT2D eigenvalue weighted by atomic mass is 16.5. The predicted octanol–water partition coefficient (Wildman–Crippen LogP) is 0.734. The van der Waals surface area contributed by atoms with Gasteiger partial charge in [-0.15, -0.1) is 0 Å². The van der Waals surface area contributed by atoms with Crippen LogP contribution in [0.3, 0.4) is 0 Å². The molecule has 0 N–H and O–H groups in total. The van der Waals surface area contributed by atoms with Crippen molar-refractivity contribution in [1.82, 2.24) is 0 Å². The minimum Gasteiger partial charge on any atom is -0.469 e. The van der Waals surface area contributed by atoms with Gasteiger partial charge in [0.15, 0.2) is 5.78 Å². The lowest BCUT2D eigenvalue weighted by molar-refractivity contribution is -0.146. The first-order valence-electron chi connectivity index (χ1n) is 3.93. The third kappa shape index (κ3) is 2.97. The van der Waals surface area contributed by atoms with Crippen molar-refractivity contribution in [2.75, 3.05) is 7.11 Å². The Balaban J connectivity index is 4.43. The molecule has 0 rings (SSSR count). The van der Waals surface area contributed by atoms with E-state index in [0.29, 0.717) is 0 Å². The third-order valence-electron chi connectivity index (χ3n) is 2.11. The number of rotatable bonds is 4. The van der Waals surface area contributed by atoms with Gasteiger partial charge < -0.3 is 4.74 Å². The van der Waals surface area contributed by atoms with Crippen molar-refractivity contribution in [3.63, 3.8) is 0 Å². The Morgan fingerprint density at radius 1 is 1.23 bits per heavy atom. The van der Waals surface area contributed by atoms with Crippen molar-refractivity contribution >= 4 is 17.5 Å². The molecule has 0 saturated carbocycles. The summed E-state index contributed by atoms with van der Waals surface area (Å²) in [5.41, 5.74) is -1.09. The SMILES string of the molecule is COC(=O)CC(=O)C(C)(C)C(C)=O. The van der Waals surface area contributed by atoms with Gasteiger partial charge in [-0.25, -0.2) is 0 Å². The van der Waals surface area contributed by atoms with Gasteiger partial charge in [-0.05, 0) is 20.8 Å². The van der Waals surface area contributed by atoms with Crippen molar-refractivity contribution in [3.05, 3.63) is 0 Å². The fraction of sp³-hybridized carbons (Fsp3) is 0.667. The highest BCUT2D eigenvalue weighted by Crippen LogP contribution is 2.19. The molecule has 0 amide bonds. The molecule has 0 bridgehead atoms. The van der Waals surface area contributed by atoms with E-state index in [9.17, 15) is 14.4 Å². The highest BCUT2D eigenvalue weighted by Gasteiger charge is 2.33. The summed E-state index contributed by atoms with van der Waals surface area (Å²) in [5, 5.41) is 0. The van der Waals surface area contributed by atoms with Crippen LogP contribution >= 0.6 is 0 Å². The van der Waals surface area contributed by atoms with Crippen LogP contribution in [0.25, 0.3) is 0 Å². The molecule has 0 atom stereocenters. The van der Waals surface area contributed by atoms with Crippen LogP contribution < -0.4 is 0 Å². The van der Waals surface area contributed by atoms with E-state index in [1.165, 1.54) is 27.9 Å². The predicted molar refractivity (Wildman–Crippen MR) is 46.1 cm³/mol. The van der Waals surface area contributed by atoms with E-state index in [2.05, 4.69) is 4.74 Å². The maximum atomic E-state index is 11.4. The molecule has 0 aromatic heterocycles.